The Labute approximate surface area is 90.5 Å². The van der Waals surface area contributed by atoms with Crippen molar-refractivity contribution < 1.29 is 14.7 Å². The Morgan fingerprint density at radius 2 is 1.87 bits per heavy atom. The summed E-state index contributed by atoms with van der Waals surface area (Å²) >= 11 is 0. The number of carbonyl (C=O) groups excluding carboxylic acids is 1. The first-order valence-corrected chi connectivity index (χ1v) is 5.15. The first-order valence-electron chi connectivity index (χ1n) is 5.15. The van der Waals surface area contributed by atoms with Gasteiger partial charge in [0.25, 0.3) is 0 Å². The Balaban J connectivity index is 4.39. The van der Waals surface area contributed by atoms with Gasteiger partial charge in [-0.3, -0.25) is 0 Å². The SMILES string of the molecule is CCCN(CC)C(=O)NC(C)(C)C(=O)O. The fourth-order valence-corrected chi connectivity index (χ4v) is 1.07. The zero-order valence-corrected chi connectivity index (χ0v) is 9.83. The third-order valence-electron chi connectivity index (χ3n) is 2.12. The third-order valence-corrected chi connectivity index (χ3v) is 2.12. The Kier molecular flexibility index (Phi) is 5.11. The van der Waals surface area contributed by atoms with Crippen LogP contribution in [0.3, 0.4) is 0 Å². The summed E-state index contributed by atoms with van der Waals surface area (Å²) in [6, 6.07) is -0.327. The molecule has 0 radical (unpaired) electrons. The van der Waals surface area contributed by atoms with Crippen molar-refractivity contribution in [2.75, 3.05) is 13.1 Å². The highest BCUT2D eigenvalue weighted by molar-refractivity contribution is 5.85. The van der Waals surface area contributed by atoms with E-state index in [-0.39, 0.29) is 6.03 Å². The monoisotopic (exact) mass is 216 g/mol. The van der Waals surface area contributed by atoms with E-state index >= 15 is 0 Å². The van der Waals surface area contributed by atoms with Crippen molar-refractivity contribution in [3.63, 3.8) is 0 Å². The van der Waals surface area contributed by atoms with Crippen molar-refractivity contribution in [2.45, 2.75) is 39.7 Å². The van der Waals surface area contributed by atoms with Gasteiger partial charge in [0.15, 0.2) is 0 Å². The van der Waals surface area contributed by atoms with Crippen LogP contribution in [0.15, 0.2) is 0 Å². The number of nitrogens with zero attached hydrogens (tertiary/aromatic N) is 1. The molecule has 0 aromatic rings. The zero-order valence-electron chi connectivity index (χ0n) is 9.83. The van der Waals surface area contributed by atoms with Crippen molar-refractivity contribution >= 4 is 12.0 Å². The minimum absolute atomic E-state index is 0.327. The summed E-state index contributed by atoms with van der Waals surface area (Å²) in [6.45, 7) is 7.98. The smallest absolute Gasteiger partial charge is 0.328 e. The summed E-state index contributed by atoms with van der Waals surface area (Å²) in [5.41, 5.74) is -1.22. The fraction of sp³-hybridized carbons (Fsp3) is 0.800. The maximum absolute atomic E-state index is 11.6. The number of hydrogen-bond acceptors (Lipinski definition) is 2. The van der Waals surface area contributed by atoms with Gasteiger partial charge >= 0.3 is 12.0 Å². The molecule has 0 rings (SSSR count). The molecule has 88 valence electrons. The minimum Gasteiger partial charge on any atom is -0.480 e. The van der Waals surface area contributed by atoms with Gasteiger partial charge in [0, 0.05) is 13.1 Å². The van der Waals surface area contributed by atoms with Crippen LogP contribution in [0.25, 0.3) is 0 Å². The second-order valence-electron chi connectivity index (χ2n) is 3.94. The van der Waals surface area contributed by atoms with Crippen molar-refractivity contribution in [1.82, 2.24) is 10.2 Å². The maximum atomic E-state index is 11.6. The molecular formula is C10H20N2O3. The Morgan fingerprint density at radius 3 is 2.20 bits per heavy atom. The first kappa shape index (κ1) is 13.7. The van der Waals surface area contributed by atoms with Crippen LogP contribution in [-0.2, 0) is 4.79 Å². The summed E-state index contributed by atoms with van der Waals surface area (Å²) in [5, 5.41) is 11.3. The molecule has 0 saturated carbocycles. The van der Waals surface area contributed by atoms with Gasteiger partial charge < -0.3 is 15.3 Å². The summed E-state index contributed by atoms with van der Waals surface area (Å²) in [4.78, 5) is 24.0. The van der Waals surface area contributed by atoms with Crippen molar-refractivity contribution in [3.05, 3.63) is 0 Å². The van der Waals surface area contributed by atoms with Gasteiger partial charge in [-0.1, -0.05) is 6.92 Å². The molecule has 0 unspecified atom stereocenters. The van der Waals surface area contributed by atoms with Gasteiger partial charge in [-0.25, -0.2) is 9.59 Å². The van der Waals surface area contributed by atoms with Crippen LogP contribution in [0.1, 0.15) is 34.1 Å². The summed E-state index contributed by atoms with van der Waals surface area (Å²) < 4.78 is 0. The summed E-state index contributed by atoms with van der Waals surface area (Å²) in [7, 11) is 0. The van der Waals surface area contributed by atoms with E-state index in [2.05, 4.69) is 5.32 Å². The second-order valence-corrected chi connectivity index (χ2v) is 3.94. The maximum Gasteiger partial charge on any atom is 0.328 e. The lowest BCUT2D eigenvalue weighted by Crippen LogP contribution is -2.54. The normalized spacial score (nSPS) is 10.9. The molecule has 0 atom stereocenters. The zero-order chi connectivity index (χ0) is 12.1. The Bertz CT molecular complexity index is 239. The van der Waals surface area contributed by atoms with E-state index in [0.29, 0.717) is 13.1 Å². The molecule has 0 aromatic carbocycles. The average molecular weight is 216 g/mol. The lowest BCUT2D eigenvalue weighted by molar-refractivity contribution is -0.143. The standard InChI is InChI=1S/C10H20N2O3/c1-5-7-12(6-2)9(15)11-10(3,4)8(13)14/h5-7H2,1-4H3,(H,11,15)(H,13,14). The van der Waals surface area contributed by atoms with Crippen LogP contribution < -0.4 is 5.32 Å². The van der Waals surface area contributed by atoms with E-state index in [9.17, 15) is 9.59 Å². The molecule has 0 aliphatic rings. The number of amides is 2. The van der Waals surface area contributed by atoms with Crippen molar-refractivity contribution in [2.24, 2.45) is 0 Å². The minimum atomic E-state index is -1.22. The molecule has 15 heavy (non-hydrogen) atoms. The Hall–Kier alpha value is -1.26. The number of hydrogen-bond donors (Lipinski definition) is 2. The molecule has 0 bridgehead atoms. The van der Waals surface area contributed by atoms with Crippen LogP contribution in [0.4, 0.5) is 4.79 Å². The highest BCUT2D eigenvalue weighted by Gasteiger charge is 2.30. The number of rotatable bonds is 5. The highest BCUT2D eigenvalue weighted by atomic mass is 16.4. The predicted molar refractivity (Wildman–Crippen MR) is 57.8 cm³/mol. The van der Waals surface area contributed by atoms with Crippen LogP contribution in [0, 0.1) is 0 Å². The number of carboxylic acid groups (broad SMARTS) is 1. The molecule has 2 amide bonds. The van der Waals surface area contributed by atoms with E-state index < -0.39 is 11.5 Å². The Morgan fingerprint density at radius 1 is 1.33 bits per heavy atom. The topological polar surface area (TPSA) is 69.6 Å². The fourth-order valence-electron chi connectivity index (χ4n) is 1.07. The van der Waals surface area contributed by atoms with Crippen LogP contribution in [0.5, 0.6) is 0 Å². The molecule has 5 nitrogen and oxygen atoms in total. The van der Waals surface area contributed by atoms with Gasteiger partial charge in [0.05, 0.1) is 0 Å². The molecule has 0 fully saturated rings. The average Bonchev–Trinajstić information content (AvgIpc) is 2.12. The molecule has 2 N–H and O–H groups in total. The van der Waals surface area contributed by atoms with E-state index in [0.717, 1.165) is 6.42 Å². The van der Waals surface area contributed by atoms with Crippen LogP contribution >= 0.6 is 0 Å². The third kappa shape index (κ3) is 4.18. The van der Waals surface area contributed by atoms with Crippen LogP contribution in [0.2, 0.25) is 0 Å². The second kappa shape index (κ2) is 5.58. The van der Waals surface area contributed by atoms with E-state index in [1.54, 1.807) is 4.90 Å². The molecule has 0 spiro atoms. The number of carboxylic acids is 1. The lowest BCUT2D eigenvalue weighted by Gasteiger charge is -2.27. The quantitative estimate of drug-likeness (QED) is 0.727. The van der Waals surface area contributed by atoms with Gasteiger partial charge in [0.2, 0.25) is 0 Å². The molecule has 0 aliphatic heterocycles. The molecule has 0 aliphatic carbocycles. The van der Waals surface area contributed by atoms with Crippen molar-refractivity contribution in [3.8, 4) is 0 Å². The number of urea groups is 1. The lowest BCUT2D eigenvalue weighted by atomic mass is 10.1. The molecule has 0 saturated heterocycles. The molecule has 0 aromatic heterocycles. The molecular weight excluding hydrogens is 196 g/mol. The van der Waals surface area contributed by atoms with Gasteiger partial charge in [0.1, 0.15) is 5.54 Å². The summed E-state index contributed by atoms with van der Waals surface area (Å²) in [6.07, 6.45) is 0.856. The van der Waals surface area contributed by atoms with E-state index in [4.69, 9.17) is 5.11 Å². The van der Waals surface area contributed by atoms with E-state index in [1.807, 2.05) is 13.8 Å². The van der Waals surface area contributed by atoms with E-state index in [1.165, 1.54) is 13.8 Å². The predicted octanol–water partition coefficient (Wildman–Crippen LogP) is 1.29. The van der Waals surface area contributed by atoms with Gasteiger partial charge in [-0.15, -0.1) is 0 Å². The van der Waals surface area contributed by atoms with Crippen molar-refractivity contribution in [1.29, 1.82) is 0 Å². The first-order chi connectivity index (χ1) is 6.85. The van der Waals surface area contributed by atoms with Crippen LogP contribution in [-0.4, -0.2) is 40.6 Å². The van der Waals surface area contributed by atoms with Gasteiger partial charge in [-0.05, 0) is 27.2 Å². The number of aliphatic carboxylic acids is 1. The molecule has 0 heterocycles. The highest BCUT2D eigenvalue weighted by Crippen LogP contribution is 2.03. The number of carbonyl (C=O) groups is 2. The number of nitrogens with one attached hydrogen (secondary N) is 1. The largest absolute Gasteiger partial charge is 0.480 e. The molecule has 5 heteroatoms. The van der Waals surface area contributed by atoms with Gasteiger partial charge in [-0.2, -0.15) is 0 Å². The summed E-state index contributed by atoms with van der Waals surface area (Å²) in [5.74, 6) is -1.04.